The van der Waals surface area contributed by atoms with Crippen molar-refractivity contribution >= 4 is 75.8 Å². The first-order valence-corrected chi connectivity index (χ1v) is 16.9. The molecule has 0 aliphatic carbocycles. The van der Waals surface area contributed by atoms with Crippen LogP contribution in [-0.4, -0.2) is 0 Å². The van der Waals surface area contributed by atoms with Crippen molar-refractivity contribution < 1.29 is 15.4 Å². The van der Waals surface area contributed by atoms with Crippen molar-refractivity contribution in [2.45, 2.75) is 0 Å². The van der Waals surface area contributed by atoms with E-state index in [-0.39, 0.29) is 45.7 Å². The van der Waals surface area contributed by atoms with Gasteiger partial charge in [-0.05, 0) is 105 Å². The lowest BCUT2D eigenvalue weighted by Gasteiger charge is -2.20. The second-order valence-corrected chi connectivity index (χ2v) is 13.0. The van der Waals surface area contributed by atoms with E-state index in [4.69, 9.17) is 9.90 Å². The van der Waals surface area contributed by atoms with Crippen LogP contribution in [0.4, 0.5) is 0 Å². The summed E-state index contributed by atoms with van der Waals surface area (Å²) in [4.78, 5) is 0. The van der Waals surface area contributed by atoms with E-state index in [1.165, 1.54) is 0 Å². The van der Waals surface area contributed by atoms with E-state index in [0.717, 1.165) is 54.2 Å². The van der Waals surface area contributed by atoms with Gasteiger partial charge in [-0.2, -0.15) is 0 Å². The molecular weight excluding hydrogens is 617 g/mol. The molecule has 0 saturated carbocycles. The van der Waals surface area contributed by atoms with Crippen LogP contribution >= 0.6 is 0 Å². The Morgan fingerprint density at radius 1 is 0.353 bits per heavy atom. The van der Waals surface area contributed by atoms with Gasteiger partial charge in [-0.1, -0.05) is 164 Å². The first-order valence-electron chi connectivity index (χ1n) is 20.9. The first-order chi connectivity index (χ1) is 28.6. The van der Waals surface area contributed by atoms with Gasteiger partial charge in [0.2, 0.25) is 0 Å². The maximum absolute atomic E-state index is 9.55. The Kier molecular flexibility index (Phi) is 4.57. The van der Waals surface area contributed by atoms with Crippen LogP contribution in [0.15, 0.2) is 186 Å². The minimum absolute atomic E-state index is 0.169. The molecule has 0 fully saturated rings. The Bertz CT molecular complexity index is 3580. The first kappa shape index (κ1) is 21.4. The van der Waals surface area contributed by atoms with E-state index in [0.29, 0.717) is 33.4 Å². The van der Waals surface area contributed by atoms with Crippen LogP contribution in [-0.2, 0) is 0 Å². The zero-order chi connectivity index (χ0) is 40.4. The second-order valence-electron chi connectivity index (χ2n) is 13.0. The Morgan fingerprint density at radius 2 is 0.882 bits per heavy atom. The fraction of sp³-hybridized carbons (Fsp3) is 0. The van der Waals surface area contributed by atoms with E-state index in [1.807, 2.05) is 103 Å². The number of hydrogen-bond acceptors (Lipinski definition) is 1. The SMILES string of the molecule is [2H]c1c([2H])c([2H])c2c(-c3ccc(-c4cccc5ccccc45)c4ccccc34)c3c([2H])c([2H])c([2H])c([2H])c3c(-c3ccc4oc5ccc6ccccc6c5c4c3)c2c1[2H]. The predicted octanol–water partition coefficient (Wildman–Crippen LogP) is 14.4. The highest BCUT2D eigenvalue weighted by Gasteiger charge is 2.20. The van der Waals surface area contributed by atoms with Gasteiger partial charge >= 0.3 is 0 Å². The molecule has 10 aromatic carbocycles. The molecule has 11 rings (SSSR count). The smallest absolute Gasteiger partial charge is 0.136 e. The molecule has 1 heterocycles. The third-order valence-electron chi connectivity index (χ3n) is 10.3. The van der Waals surface area contributed by atoms with Crippen molar-refractivity contribution in [3.05, 3.63) is 182 Å². The predicted molar refractivity (Wildman–Crippen MR) is 218 cm³/mol. The van der Waals surface area contributed by atoms with Gasteiger partial charge in [0.1, 0.15) is 11.2 Å². The van der Waals surface area contributed by atoms with Crippen molar-refractivity contribution in [2.75, 3.05) is 0 Å². The molecule has 0 aliphatic heterocycles. The molecule has 0 saturated heterocycles. The molecule has 0 unspecified atom stereocenters. The molecule has 236 valence electrons. The van der Waals surface area contributed by atoms with Gasteiger partial charge in [-0.25, -0.2) is 0 Å². The highest BCUT2D eigenvalue weighted by molar-refractivity contribution is 6.26. The van der Waals surface area contributed by atoms with E-state index < -0.39 is 24.2 Å². The molecule has 0 amide bonds. The Hall–Kier alpha value is -6.70. The van der Waals surface area contributed by atoms with Gasteiger partial charge < -0.3 is 4.42 Å². The molecule has 0 atom stereocenters. The highest BCUT2D eigenvalue weighted by Crippen LogP contribution is 2.47. The minimum atomic E-state index is -0.438. The molecule has 0 bridgehead atoms. The quantitative estimate of drug-likeness (QED) is 0.173. The van der Waals surface area contributed by atoms with E-state index in [1.54, 1.807) is 6.07 Å². The van der Waals surface area contributed by atoms with Crippen molar-refractivity contribution in [3.8, 4) is 33.4 Å². The molecule has 0 radical (unpaired) electrons. The monoisotopic (exact) mass is 654 g/mol. The lowest BCUT2D eigenvalue weighted by molar-refractivity contribution is 0.669. The zero-order valence-corrected chi connectivity index (χ0v) is 27.1. The molecule has 11 aromatic rings. The maximum Gasteiger partial charge on any atom is 0.136 e. The summed E-state index contributed by atoms with van der Waals surface area (Å²) in [6, 6.07) is 40.7. The van der Waals surface area contributed by atoms with Gasteiger partial charge in [-0.3, -0.25) is 0 Å². The average molecular weight is 655 g/mol. The summed E-state index contributed by atoms with van der Waals surface area (Å²) in [5.41, 5.74) is 5.02. The number of hydrogen-bond donors (Lipinski definition) is 0. The van der Waals surface area contributed by atoms with Crippen LogP contribution in [0.3, 0.4) is 0 Å². The molecule has 1 nitrogen and oxygen atoms in total. The summed E-state index contributed by atoms with van der Waals surface area (Å²) in [5, 5.41) is 8.17. The van der Waals surface area contributed by atoms with Crippen LogP contribution in [0.5, 0.6) is 0 Å². The molecule has 0 aliphatic rings. The van der Waals surface area contributed by atoms with Gasteiger partial charge in [0.05, 0.1) is 11.0 Å². The average Bonchev–Trinajstić information content (AvgIpc) is 3.66. The fourth-order valence-electron chi connectivity index (χ4n) is 8.10. The Labute approximate surface area is 305 Å². The van der Waals surface area contributed by atoms with Gasteiger partial charge in [0.25, 0.3) is 0 Å². The second kappa shape index (κ2) is 10.9. The molecular formula is C50H30O. The van der Waals surface area contributed by atoms with Crippen LogP contribution < -0.4 is 0 Å². The number of rotatable bonds is 3. The van der Waals surface area contributed by atoms with Crippen molar-refractivity contribution in [3.63, 3.8) is 0 Å². The lowest BCUT2D eigenvalue weighted by atomic mass is 9.83. The maximum atomic E-state index is 9.55. The lowest BCUT2D eigenvalue weighted by Crippen LogP contribution is -1.92. The number of benzene rings is 10. The van der Waals surface area contributed by atoms with Crippen LogP contribution in [0.1, 0.15) is 11.0 Å². The zero-order valence-electron chi connectivity index (χ0n) is 35.1. The summed E-state index contributed by atoms with van der Waals surface area (Å²) < 4.78 is 80.3. The summed E-state index contributed by atoms with van der Waals surface area (Å²) >= 11 is 0. The van der Waals surface area contributed by atoms with Crippen LogP contribution in [0, 0.1) is 0 Å². The fourth-order valence-corrected chi connectivity index (χ4v) is 8.10. The van der Waals surface area contributed by atoms with Gasteiger partial charge in [0.15, 0.2) is 0 Å². The third-order valence-corrected chi connectivity index (χ3v) is 10.3. The topological polar surface area (TPSA) is 13.1 Å². The van der Waals surface area contributed by atoms with Crippen molar-refractivity contribution in [2.24, 2.45) is 0 Å². The van der Waals surface area contributed by atoms with Crippen LogP contribution in [0.2, 0.25) is 0 Å². The molecule has 51 heavy (non-hydrogen) atoms. The molecule has 1 aromatic heterocycles. The van der Waals surface area contributed by atoms with Crippen molar-refractivity contribution in [1.29, 1.82) is 0 Å². The summed E-state index contributed by atoms with van der Waals surface area (Å²) in [6.45, 7) is 0. The van der Waals surface area contributed by atoms with Gasteiger partial charge in [-0.15, -0.1) is 0 Å². The third kappa shape index (κ3) is 4.16. The molecule has 1 heteroatoms. The van der Waals surface area contributed by atoms with E-state index in [2.05, 4.69) is 24.3 Å². The minimum Gasteiger partial charge on any atom is -0.456 e. The summed E-state index contributed by atoms with van der Waals surface area (Å²) in [6.07, 6.45) is 0. The van der Waals surface area contributed by atoms with E-state index in [9.17, 15) is 5.48 Å². The van der Waals surface area contributed by atoms with E-state index >= 15 is 0 Å². The normalized spacial score (nSPS) is 14.1. The number of fused-ring (bicyclic) bond motifs is 9. The van der Waals surface area contributed by atoms with Crippen LogP contribution in [0.25, 0.3) is 109 Å². The number of furan rings is 1. The summed E-state index contributed by atoms with van der Waals surface area (Å²) in [7, 11) is 0. The molecule has 0 spiro atoms. The largest absolute Gasteiger partial charge is 0.456 e. The van der Waals surface area contributed by atoms with Gasteiger partial charge in [0, 0.05) is 10.8 Å². The highest BCUT2D eigenvalue weighted by atomic mass is 16.3. The summed E-state index contributed by atoms with van der Waals surface area (Å²) in [5.74, 6) is 0. The molecule has 0 N–H and O–H groups in total. The standard InChI is InChI=1S/C50H30O/c1-3-15-34-31(12-1)14-11-23-36(34)39-26-27-44(38-18-6-5-17-37(38)39)49-42-21-9-7-19-40(42)48(41-20-8-10-22-43(41)49)33-25-28-46-45(30-33)50-35-16-4-2-13-32(35)24-29-47(50)51-46/h1-30H/i7D,8D,9D,10D,19D,20D,21D,22D. The Balaban J connectivity index is 1.33. The Morgan fingerprint density at radius 3 is 1.61 bits per heavy atom. The van der Waals surface area contributed by atoms with Crippen molar-refractivity contribution in [1.82, 2.24) is 0 Å².